The number of hydrogen-bond acceptors (Lipinski definition) is 5. The van der Waals surface area contributed by atoms with Gasteiger partial charge in [0.05, 0.1) is 29.3 Å². The molecule has 2 aromatic carbocycles. The van der Waals surface area contributed by atoms with E-state index >= 15 is 0 Å². The van der Waals surface area contributed by atoms with Crippen molar-refractivity contribution < 1.29 is 21.6 Å². The summed E-state index contributed by atoms with van der Waals surface area (Å²) in [6.45, 7) is 0.370. The lowest BCUT2D eigenvalue weighted by atomic mass is 10.2. The maximum absolute atomic E-state index is 12.7. The van der Waals surface area contributed by atoms with Gasteiger partial charge in [-0.1, -0.05) is 23.2 Å². The highest BCUT2D eigenvalue weighted by Gasteiger charge is 2.29. The number of anilines is 2. The van der Waals surface area contributed by atoms with E-state index in [-0.39, 0.29) is 32.1 Å². The fourth-order valence-corrected chi connectivity index (χ4v) is 6.12. The second-order valence-electron chi connectivity index (χ2n) is 5.81. The topological polar surface area (TPSA) is 92.8 Å². The molecular formula is C16H16Cl2N2O5S2. The van der Waals surface area contributed by atoms with Crippen LogP contribution in [0.3, 0.4) is 0 Å². The second kappa shape index (κ2) is 7.38. The van der Waals surface area contributed by atoms with Crippen LogP contribution in [-0.2, 0) is 20.0 Å². The van der Waals surface area contributed by atoms with Crippen LogP contribution in [-0.4, -0.2) is 36.2 Å². The van der Waals surface area contributed by atoms with E-state index in [1.54, 1.807) is 0 Å². The number of nitrogens with one attached hydrogen (secondary N) is 1. The Balaban J connectivity index is 1.97. The summed E-state index contributed by atoms with van der Waals surface area (Å²) in [6.07, 6.45) is 0.534. The fraction of sp³-hybridized carbons (Fsp3) is 0.250. The van der Waals surface area contributed by atoms with Crippen LogP contribution in [0.2, 0.25) is 10.0 Å². The Hall–Kier alpha value is -1.68. The van der Waals surface area contributed by atoms with Crippen molar-refractivity contribution in [3.05, 3.63) is 46.4 Å². The molecule has 7 nitrogen and oxygen atoms in total. The molecule has 1 saturated heterocycles. The van der Waals surface area contributed by atoms with Crippen LogP contribution in [0.5, 0.6) is 5.75 Å². The first-order valence-corrected chi connectivity index (χ1v) is 11.7. The fourth-order valence-electron chi connectivity index (χ4n) is 2.73. The van der Waals surface area contributed by atoms with Gasteiger partial charge in [0.25, 0.3) is 10.0 Å². The monoisotopic (exact) mass is 450 g/mol. The van der Waals surface area contributed by atoms with Crippen LogP contribution in [0.25, 0.3) is 0 Å². The summed E-state index contributed by atoms with van der Waals surface area (Å²) >= 11 is 11.8. The van der Waals surface area contributed by atoms with Crippen LogP contribution in [0, 0.1) is 0 Å². The summed E-state index contributed by atoms with van der Waals surface area (Å²) in [6, 6.07) is 8.54. The van der Waals surface area contributed by atoms with Crippen LogP contribution >= 0.6 is 23.2 Å². The van der Waals surface area contributed by atoms with Gasteiger partial charge in [-0.15, -0.1) is 0 Å². The van der Waals surface area contributed by atoms with Crippen molar-refractivity contribution >= 4 is 54.6 Å². The van der Waals surface area contributed by atoms with Gasteiger partial charge in [-0.2, -0.15) is 0 Å². The van der Waals surface area contributed by atoms with Crippen molar-refractivity contribution in [1.29, 1.82) is 0 Å². The van der Waals surface area contributed by atoms with E-state index in [4.69, 9.17) is 27.9 Å². The zero-order valence-corrected chi connectivity index (χ0v) is 17.3. The van der Waals surface area contributed by atoms with Gasteiger partial charge in [0.15, 0.2) is 0 Å². The summed E-state index contributed by atoms with van der Waals surface area (Å²) in [5.41, 5.74) is 0.557. The molecule has 0 atom stereocenters. The van der Waals surface area contributed by atoms with E-state index in [1.807, 2.05) is 0 Å². The molecule has 1 aliphatic rings. The van der Waals surface area contributed by atoms with Gasteiger partial charge in [0, 0.05) is 17.6 Å². The van der Waals surface area contributed by atoms with Crippen molar-refractivity contribution in [2.75, 3.05) is 28.4 Å². The van der Waals surface area contributed by atoms with Gasteiger partial charge < -0.3 is 4.74 Å². The molecule has 0 radical (unpaired) electrons. The van der Waals surface area contributed by atoms with E-state index in [1.165, 1.54) is 47.8 Å². The molecule has 0 aromatic heterocycles. The van der Waals surface area contributed by atoms with Crippen LogP contribution in [0.15, 0.2) is 41.3 Å². The summed E-state index contributed by atoms with van der Waals surface area (Å²) in [5, 5.41) is 0.243. The predicted octanol–water partition coefficient (Wildman–Crippen LogP) is 3.34. The Labute approximate surface area is 167 Å². The lowest BCUT2D eigenvalue weighted by molar-refractivity contribution is 0.417. The minimum atomic E-state index is -4.03. The minimum Gasteiger partial charge on any atom is -0.494 e. The number of methoxy groups -OCH3 is 1. The molecule has 27 heavy (non-hydrogen) atoms. The van der Waals surface area contributed by atoms with E-state index in [0.717, 1.165) is 0 Å². The Morgan fingerprint density at radius 2 is 1.89 bits per heavy atom. The summed E-state index contributed by atoms with van der Waals surface area (Å²) in [7, 11) is -6.03. The van der Waals surface area contributed by atoms with Crippen LogP contribution < -0.4 is 13.8 Å². The number of benzene rings is 2. The highest BCUT2D eigenvalue weighted by atomic mass is 35.5. The number of rotatable bonds is 5. The SMILES string of the molecule is COc1cc(N2CCCS2(=O)=O)ccc1NS(=O)(=O)c1cc(Cl)ccc1Cl. The molecule has 0 unspecified atom stereocenters. The van der Waals surface area contributed by atoms with Gasteiger partial charge in [0.1, 0.15) is 10.6 Å². The molecule has 0 saturated carbocycles. The molecule has 146 valence electrons. The molecule has 2 aromatic rings. The van der Waals surface area contributed by atoms with E-state index in [9.17, 15) is 16.8 Å². The molecule has 11 heteroatoms. The van der Waals surface area contributed by atoms with Crippen LogP contribution in [0.1, 0.15) is 6.42 Å². The normalized spacial score (nSPS) is 16.3. The average Bonchev–Trinajstić information content (AvgIpc) is 2.96. The van der Waals surface area contributed by atoms with Gasteiger partial charge in [-0.3, -0.25) is 9.03 Å². The Kier molecular flexibility index (Phi) is 5.49. The van der Waals surface area contributed by atoms with E-state index < -0.39 is 20.0 Å². The molecule has 1 aliphatic heterocycles. The molecule has 1 heterocycles. The summed E-state index contributed by atoms with van der Waals surface area (Å²) in [4.78, 5) is -0.176. The zero-order chi connectivity index (χ0) is 19.8. The Morgan fingerprint density at radius 3 is 2.52 bits per heavy atom. The molecule has 1 N–H and O–H groups in total. The lowest BCUT2D eigenvalue weighted by Crippen LogP contribution is -2.25. The second-order valence-corrected chi connectivity index (χ2v) is 10.3. The summed E-state index contributed by atoms with van der Waals surface area (Å²) < 4.78 is 58.4. The first-order valence-electron chi connectivity index (χ1n) is 7.80. The largest absolute Gasteiger partial charge is 0.494 e. The number of sulfonamides is 2. The van der Waals surface area contributed by atoms with Crippen LogP contribution in [0.4, 0.5) is 11.4 Å². The number of hydrogen-bond donors (Lipinski definition) is 1. The molecule has 0 amide bonds. The van der Waals surface area contributed by atoms with E-state index in [2.05, 4.69) is 4.72 Å². The van der Waals surface area contributed by atoms with E-state index in [0.29, 0.717) is 18.7 Å². The molecule has 0 bridgehead atoms. The standard InChI is InChI=1S/C16H16Cl2N2O5S2/c1-25-15-10-12(20-7-2-8-26(20,21)22)4-6-14(15)19-27(23,24)16-9-11(17)3-5-13(16)18/h3-6,9-10,19H,2,7-8H2,1H3. The third-order valence-electron chi connectivity index (χ3n) is 4.00. The summed E-state index contributed by atoms with van der Waals surface area (Å²) in [5.74, 6) is 0.257. The quantitative estimate of drug-likeness (QED) is 0.753. The number of halogens is 2. The van der Waals surface area contributed by atoms with Crippen molar-refractivity contribution in [3.8, 4) is 5.75 Å². The zero-order valence-electron chi connectivity index (χ0n) is 14.1. The Morgan fingerprint density at radius 1 is 1.15 bits per heavy atom. The third-order valence-corrected chi connectivity index (χ3v) is 7.95. The minimum absolute atomic E-state index is 0.0191. The van der Waals surface area contributed by atoms with Gasteiger partial charge in [0.2, 0.25) is 10.0 Å². The first-order chi connectivity index (χ1) is 12.6. The molecular weight excluding hydrogens is 435 g/mol. The highest BCUT2D eigenvalue weighted by Crippen LogP contribution is 2.35. The van der Waals surface area contributed by atoms with Gasteiger partial charge in [-0.25, -0.2) is 16.8 Å². The molecule has 3 rings (SSSR count). The van der Waals surface area contributed by atoms with Crippen molar-refractivity contribution in [2.45, 2.75) is 11.3 Å². The Bertz CT molecular complexity index is 1090. The maximum atomic E-state index is 12.7. The molecule has 1 fully saturated rings. The predicted molar refractivity (Wildman–Crippen MR) is 106 cm³/mol. The van der Waals surface area contributed by atoms with Gasteiger partial charge >= 0.3 is 0 Å². The maximum Gasteiger partial charge on any atom is 0.263 e. The number of ether oxygens (including phenoxy) is 1. The van der Waals surface area contributed by atoms with Crippen molar-refractivity contribution in [3.63, 3.8) is 0 Å². The smallest absolute Gasteiger partial charge is 0.263 e. The third kappa shape index (κ3) is 4.11. The first kappa shape index (κ1) is 20.1. The van der Waals surface area contributed by atoms with Crippen molar-refractivity contribution in [2.24, 2.45) is 0 Å². The average molecular weight is 451 g/mol. The van der Waals surface area contributed by atoms with Gasteiger partial charge in [-0.05, 0) is 36.8 Å². The molecule has 0 spiro atoms. The highest BCUT2D eigenvalue weighted by molar-refractivity contribution is 7.93. The lowest BCUT2D eigenvalue weighted by Gasteiger charge is -2.19. The number of nitrogens with zero attached hydrogens (tertiary/aromatic N) is 1. The van der Waals surface area contributed by atoms with Crippen molar-refractivity contribution in [1.82, 2.24) is 0 Å². The molecule has 0 aliphatic carbocycles.